The lowest BCUT2D eigenvalue weighted by atomic mass is 9.91. The molecule has 2 aliphatic rings. The van der Waals surface area contributed by atoms with Gasteiger partial charge in [0.05, 0.1) is 10.5 Å². The van der Waals surface area contributed by atoms with E-state index in [4.69, 9.17) is 17.2 Å². The van der Waals surface area contributed by atoms with Gasteiger partial charge in [0.2, 0.25) is 0 Å². The Morgan fingerprint density at radius 2 is 1.93 bits per heavy atom. The normalized spacial score (nSPS) is 24.6. The number of hydrogen-bond acceptors (Lipinski definition) is 6. The molecule has 2 fully saturated rings. The number of thioether (sulfide) groups is 1. The largest absolute Gasteiger partial charge is 0.355 e. The molecule has 6 nitrogen and oxygen atoms in total. The number of nitrogens with zero attached hydrogens (tertiary/aromatic N) is 4. The van der Waals surface area contributed by atoms with Crippen LogP contribution in [-0.4, -0.2) is 44.6 Å². The number of anilines is 1. The summed E-state index contributed by atoms with van der Waals surface area (Å²) in [6.07, 6.45) is 4.53. The van der Waals surface area contributed by atoms with Crippen molar-refractivity contribution in [2.45, 2.75) is 20.3 Å². The second-order valence-electron chi connectivity index (χ2n) is 7.67. The average molecular weight is 415 g/mol. The van der Waals surface area contributed by atoms with E-state index >= 15 is 0 Å². The number of aromatic nitrogens is 2. The highest BCUT2D eigenvalue weighted by Gasteiger charge is 2.31. The minimum Gasteiger partial charge on any atom is -0.355 e. The first-order valence-corrected chi connectivity index (χ1v) is 10.6. The van der Waals surface area contributed by atoms with Crippen molar-refractivity contribution in [3.63, 3.8) is 0 Å². The number of rotatable bonds is 2. The Bertz CT molecular complexity index is 1050. The minimum atomic E-state index is -0.182. The van der Waals surface area contributed by atoms with E-state index in [0.29, 0.717) is 38.1 Å². The van der Waals surface area contributed by atoms with E-state index in [2.05, 4.69) is 18.7 Å². The molecule has 2 aromatic rings. The first kappa shape index (κ1) is 19.1. The van der Waals surface area contributed by atoms with Crippen LogP contribution in [0.3, 0.4) is 0 Å². The zero-order chi connectivity index (χ0) is 20.0. The predicted octanol–water partition coefficient (Wildman–Crippen LogP) is 3.01. The molecule has 0 radical (unpaired) electrons. The first-order valence-electron chi connectivity index (χ1n) is 9.33. The zero-order valence-electron chi connectivity index (χ0n) is 16.1. The van der Waals surface area contributed by atoms with Crippen molar-refractivity contribution in [3.05, 3.63) is 45.2 Å². The van der Waals surface area contributed by atoms with Crippen LogP contribution in [0.1, 0.15) is 25.8 Å². The van der Waals surface area contributed by atoms with Crippen LogP contribution < -0.4 is 10.5 Å². The van der Waals surface area contributed by atoms with Crippen LogP contribution in [0.15, 0.2) is 34.1 Å². The quantitative estimate of drug-likeness (QED) is 0.556. The molecule has 28 heavy (non-hydrogen) atoms. The van der Waals surface area contributed by atoms with Crippen molar-refractivity contribution in [1.82, 2.24) is 14.3 Å². The zero-order valence-corrected chi connectivity index (χ0v) is 17.7. The van der Waals surface area contributed by atoms with Crippen LogP contribution in [0.5, 0.6) is 0 Å². The molecule has 0 bridgehead atoms. The van der Waals surface area contributed by atoms with Crippen molar-refractivity contribution >= 4 is 51.7 Å². The van der Waals surface area contributed by atoms with Gasteiger partial charge in [-0.15, -0.1) is 0 Å². The summed E-state index contributed by atoms with van der Waals surface area (Å²) in [5, 5.41) is 0. The summed E-state index contributed by atoms with van der Waals surface area (Å²) in [5.74, 6) is 1.50. The van der Waals surface area contributed by atoms with Crippen molar-refractivity contribution in [2.75, 3.05) is 25.0 Å². The van der Waals surface area contributed by atoms with Crippen molar-refractivity contribution in [1.29, 1.82) is 0 Å². The third-order valence-corrected chi connectivity index (χ3v) is 6.66. The second-order valence-corrected chi connectivity index (χ2v) is 9.35. The van der Waals surface area contributed by atoms with E-state index in [1.165, 1.54) is 21.1 Å². The summed E-state index contributed by atoms with van der Waals surface area (Å²) in [6, 6.07) is 5.50. The van der Waals surface area contributed by atoms with Crippen LogP contribution in [0.25, 0.3) is 11.7 Å². The molecule has 2 aliphatic heterocycles. The van der Waals surface area contributed by atoms with Gasteiger partial charge in [-0.1, -0.05) is 43.9 Å². The molecule has 4 rings (SSSR count). The van der Waals surface area contributed by atoms with Crippen molar-refractivity contribution in [2.24, 2.45) is 11.8 Å². The summed E-state index contributed by atoms with van der Waals surface area (Å²) in [6.45, 7) is 6.13. The van der Waals surface area contributed by atoms with E-state index in [9.17, 15) is 9.59 Å². The number of fused-ring (bicyclic) bond motifs is 1. The van der Waals surface area contributed by atoms with Gasteiger partial charge in [0, 0.05) is 26.3 Å². The highest BCUT2D eigenvalue weighted by atomic mass is 32.2. The van der Waals surface area contributed by atoms with Gasteiger partial charge in [-0.25, -0.2) is 4.98 Å². The Hall–Kier alpha value is -2.19. The molecule has 0 spiro atoms. The first-order chi connectivity index (χ1) is 13.3. The lowest BCUT2D eigenvalue weighted by Gasteiger charge is -2.36. The summed E-state index contributed by atoms with van der Waals surface area (Å²) in [5.41, 5.74) is 0.875. The Kier molecular flexibility index (Phi) is 5.01. The molecule has 0 aliphatic carbocycles. The van der Waals surface area contributed by atoms with Crippen LogP contribution in [-0.2, 0) is 4.79 Å². The highest BCUT2D eigenvalue weighted by molar-refractivity contribution is 8.26. The number of thiocarbonyl (C=S) groups is 1. The monoisotopic (exact) mass is 414 g/mol. The molecule has 0 N–H and O–H groups in total. The van der Waals surface area contributed by atoms with Gasteiger partial charge in [0.1, 0.15) is 15.8 Å². The van der Waals surface area contributed by atoms with Crippen LogP contribution in [0.2, 0.25) is 0 Å². The maximum atomic E-state index is 13.3. The number of amides is 1. The second kappa shape index (κ2) is 7.33. The molecule has 1 amide bonds. The molecule has 4 heterocycles. The van der Waals surface area contributed by atoms with E-state index in [0.717, 1.165) is 19.5 Å². The molecule has 8 heteroatoms. The Labute approximate surface area is 173 Å². The van der Waals surface area contributed by atoms with Gasteiger partial charge in [-0.05, 0) is 36.5 Å². The van der Waals surface area contributed by atoms with Crippen molar-refractivity contribution in [3.8, 4) is 0 Å². The SMILES string of the molecule is C[C@@H]1C[C@@H](C)CN(c2nc3ccccn3c(=O)c2/C=C2/SC(=S)N(C)C2=O)C1. The molecule has 0 saturated carbocycles. The van der Waals surface area contributed by atoms with Gasteiger partial charge in [0.15, 0.2) is 0 Å². The average Bonchev–Trinajstić information content (AvgIpc) is 2.90. The fourth-order valence-electron chi connectivity index (χ4n) is 3.97. The van der Waals surface area contributed by atoms with Gasteiger partial charge in [-0.2, -0.15) is 0 Å². The molecule has 0 unspecified atom stereocenters. The maximum Gasteiger partial charge on any atom is 0.267 e. The van der Waals surface area contributed by atoms with Gasteiger partial charge in [-0.3, -0.25) is 18.9 Å². The van der Waals surface area contributed by atoms with E-state index in [-0.39, 0.29) is 11.5 Å². The number of hydrogen-bond donors (Lipinski definition) is 0. The summed E-state index contributed by atoms with van der Waals surface area (Å²) in [4.78, 5) is 34.7. The Balaban J connectivity index is 1.91. The number of piperidine rings is 1. The lowest BCUT2D eigenvalue weighted by Crippen LogP contribution is -2.40. The number of pyridine rings is 1. The van der Waals surface area contributed by atoms with Crippen LogP contribution >= 0.6 is 24.0 Å². The Morgan fingerprint density at radius 3 is 2.57 bits per heavy atom. The summed E-state index contributed by atoms with van der Waals surface area (Å²) < 4.78 is 2.02. The van der Waals surface area contributed by atoms with E-state index in [1.54, 1.807) is 25.4 Å². The smallest absolute Gasteiger partial charge is 0.267 e. The molecule has 2 atom stereocenters. The standard InChI is InChI=1S/C20H22N4O2S2/c1-12-8-13(2)11-23(10-12)17-14(9-15-19(26)22(3)20(27)28-15)18(25)24-7-5-4-6-16(24)21-17/h4-7,9,12-13H,8,10-11H2,1-3H3/b15-9+/t12-,13-/m1/s1. The number of carbonyl (C=O) groups excluding carboxylic acids is 1. The van der Waals surface area contributed by atoms with Gasteiger partial charge < -0.3 is 4.90 Å². The molecule has 2 saturated heterocycles. The third-order valence-electron chi connectivity index (χ3n) is 5.18. The highest BCUT2D eigenvalue weighted by Crippen LogP contribution is 2.33. The molecular weight excluding hydrogens is 392 g/mol. The van der Waals surface area contributed by atoms with Gasteiger partial charge in [0.25, 0.3) is 11.5 Å². The van der Waals surface area contributed by atoms with E-state index in [1.807, 2.05) is 12.1 Å². The maximum absolute atomic E-state index is 13.3. The fraction of sp³-hybridized carbons (Fsp3) is 0.400. The number of carbonyl (C=O) groups is 1. The lowest BCUT2D eigenvalue weighted by molar-refractivity contribution is -0.121. The predicted molar refractivity (Wildman–Crippen MR) is 118 cm³/mol. The molecular formula is C20H22N4O2S2. The summed E-state index contributed by atoms with van der Waals surface area (Å²) >= 11 is 6.45. The van der Waals surface area contributed by atoms with Crippen molar-refractivity contribution < 1.29 is 4.79 Å². The topological polar surface area (TPSA) is 57.9 Å². The van der Waals surface area contributed by atoms with Gasteiger partial charge >= 0.3 is 0 Å². The third kappa shape index (κ3) is 3.35. The molecule has 146 valence electrons. The fourth-order valence-corrected chi connectivity index (χ4v) is 5.13. The summed E-state index contributed by atoms with van der Waals surface area (Å²) in [7, 11) is 1.65. The van der Waals surface area contributed by atoms with Crippen LogP contribution in [0.4, 0.5) is 5.82 Å². The minimum absolute atomic E-state index is 0.173. The number of likely N-dealkylation sites (N-methyl/N-ethyl adjacent to an activating group) is 1. The molecule has 2 aromatic heterocycles. The van der Waals surface area contributed by atoms with E-state index < -0.39 is 0 Å². The van der Waals surface area contributed by atoms with Crippen LogP contribution in [0, 0.1) is 11.8 Å². The molecule has 0 aromatic carbocycles. The Morgan fingerprint density at radius 1 is 1.21 bits per heavy atom.